The standard InChI is InChI=1S/C3H9N3O/c1-2(4)3(7)6-5/h2H,4-5H2,1H3,(H,6,7)/t2-/m1/s1. The highest BCUT2D eigenvalue weighted by atomic mass is 16.2. The zero-order chi connectivity index (χ0) is 5.86. The van der Waals surface area contributed by atoms with E-state index in [4.69, 9.17) is 11.6 Å². The van der Waals surface area contributed by atoms with Crippen LogP contribution in [0.3, 0.4) is 0 Å². The summed E-state index contributed by atoms with van der Waals surface area (Å²) in [6, 6.07) is -0.509. The van der Waals surface area contributed by atoms with E-state index in [1.54, 1.807) is 6.92 Å². The molecule has 0 unspecified atom stereocenters. The summed E-state index contributed by atoms with van der Waals surface area (Å²) >= 11 is 0. The Morgan fingerprint density at radius 3 is 2.29 bits per heavy atom. The first-order chi connectivity index (χ1) is 3.18. The summed E-state index contributed by atoms with van der Waals surface area (Å²) in [6.45, 7) is 1.56. The zero-order valence-electron chi connectivity index (χ0n) is 4.14. The third kappa shape index (κ3) is 2.13. The minimum absolute atomic E-state index is 0.347. The van der Waals surface area contributed by atoms with E-state index in [0.29, 0.717) is 0 Å². The van der Waals surface area contributed by atoms with Gasteiger partial charge in [-0.05, 0) is 6.92 Å². The van der Waals surface area contributed by atoms with E-state index in [1.165, 1.54) is 0 Å². The molecule has 4 heteroatoms. The van der Waals surface area contributed by atoms with Crippen molar-refractivity contribution in [3.05, 3.63) is 0 Å². The predicted molar refractivity (Wildman–Crippen MR) is 26.0 cm³/mol. The van der Waals surface area contributed by atoms with Crippen LogP contribution in [0.1, 0.15) is 6.92 Å². The second kappa shape index (κ2) is 2.54. The Morgan fingerprint density at radius 1 is 1.86 bits per heavy atom. The molecule has 1 amide bonds. The van der Waals surface area contributed by atoms with E-state index in [9.17, 15) is 4.79 Å². The van der Waals surface area contributed by atoms with Crippen molar-refractivity contribution in [2.75, 3.05) is 0 Å². The van der Waals surface area contributed by atoms with Crippen LogP contribution in [-0.2, 0) is 4.79 Å². The maximum Gasteiger partial charge on any atom is 0.250 e. The van der Waals surface area contributed by atoms with Crippen LogP contribution in [0.25, 0.3) is 0 Å². The second-order valence-electron chi connectivity index (χ2n) is 1.30. The first-order valence-corrected chi connectivity index (χ1v) is 1.94. The predicted octanol–water partition coefficient (Wildman–Crippen LogP) is -1.68. The third-order valence-corrected chi connectivity index (χ3v) is 0.556. The fourth-order valence-corrected chi connectivity index (χ4v) is 0.131. The van der Waals surface area contributed by atoms with Gasteiger partial charge in [-0.25, -0.2) is 5.84 Å². The minimum Gasteiger partial charge on any atom is -0.320 e. The molecule has 0 saturated heterocycles. The number of amides is 1. The molecule has 0 fully saturated rings. The first kappa shape index (κ1) is 6.39. The molecule has 0 saturated carbocycles. The minimum atomic E-state index is -0.509. The summed E-state index contributed by atoms with van der Waals surface area (Å²) < 4.78 is 0. The van der Waals surface area contributed by atoms with Crippen molar-refractivity contribution in [1.29, 1.82) is 0 Å². The van der Waals surface area contributed by atoms with Gasteiger partial charge < -0.3 is 5.73 Å². The molecule has 0 aliphatic heterocycles. The van der Waals surface area contributed by atoms with Crippen molar-refractivity contribution >= 4 is 5.91 Å². The van der Waals surface area contributed by atoms with Gasteiger partial charge in [-0.1, -0.05) is 0 Å². The van der Waals surface area contributed by atoms with Crippen LogP contribution in [0.5, 0.6) is 0 Å². The molecule has 0 aromatic rings. The summed E-state index contributed by atoms with van der Waals surface area (Å²) in [5.41, 5.74) is 6.95. The van der Waals surface area contributed by atoms with E-state index in [-0.39, 0.29) is 5.91 Å². The van der Waals surface area contributed by atoms with E-state index in [1.807, 2.05) is 5.43 Å². The Morgan fingerprint density at radius 2 is 2.29 bits per heavy atom. The normalized spacial score (nSPS) is 13.0. The van der Waals surface area contributed by atoms with Crippen molar-refractivity contribution in [1.82, 2.24) is 5.43 Å². The molecule has 0 heterocycles. The number of nitrogens with two attached hydrogens (primary N) is 2. The van der Waals surface area contributed by atoms with Crippen LogP contribution in [0.4, 0.5) is 0 Å². The van der Waals surface area contributed by atoms with E-state index in [0.717, 1.165) is 0 Å². The highest BCUT2D eigenvalue weighted by Crippen LogP contribution is 1.67. The molecule has 0 aliphatic rings. The Labute approximate surface area is 41.8 Å². The molecule has 0 rings (SSSR count). The van der Waals surface area contributed by atoms with Crippen molar-refractivity contribution in [3.63, 3.8) is 0 Å². The van der Waals surface area contributed by atoms with Crippen molar-refractivity contribution in [2.45, 2.75) is 13.0 Å². The smallest absolute Gasteiger partial charge is 0.250 e. The molecule has 0 radical (unpaired) electrons. The lowest BCUT2D eigenvalue weighted by molar-refractivity contribution is -0.122. The average molecular weight is 103 g/mol. The summed E-state index contributed by atoms with van der Waals surface area (Å²) in [6.07, 6.45) is 0. The van der Waals surface area contributed by atoms with E-state index in [2.05, 4.69) is 0 Å². The topological polar surface area (TPSA) is 81.1 Å². The number of hydrogen-bond donors (Lipinski definition) is 3. The fraction of sp³-hybridized carbons (Fsp3) is 0.667. The van der Waals surface area contributed by atoms with Gasteiger partial charge in [-0.2, -0.15) is 0 Å². The van der Waals surface area contributed by atoms with Gasteiger partial charge in [-0.15, -0.1) is 0 Å². The Balaban J connectivity index is 3.35. The Bertz CT molecular complexity index is 70.6. The first-order valence-electron chi connectivity index (χ1n) is 1.94. The van der Waals surface area contributed by atoms with Crippen LogP contribution in [0.15, 0.2) is 0 Å². The second-order valence-corrected chi connectivity index (χ2v) is 1.30. The summed E-state index contributed by atoms with van der Waals surface area (Å²) in [5, 5.41) is 0. The molecule has 0 aliphatic carbocycles. The van der Waals surface area contributed by atoms with Crippen LogP contribution < -0.4 is 17.0 Å². The number of carbonyl (C=O) groups is 1. The highest BCUT2D eigenvalue weighted by molar-refractivity contribution is 5.80. The Kier molecular flexibility index (Phi) is 2.32. The molecule has 7 heavy (non-hydrogen) atoms. The third-order valence-electron chi connectivity index (χ3n) is 0.556. The molecule has 1 atom stereocenters. The maximum absolute atomic E-state index is 10.2. The largest absolute Gasteiger partial charge is 0.320 e. The van der Waals surface area contributed by atoms with Gasteiger partial charge in [0.1, 0.15) is 0 Å². The van der Waals surface area contributed by atoms with Gasteiger partial charge in [0, 0.05) is 0 Å². The maximum atomic E-state index is 10.2. The van der Waals surface area contributed by atoms with Gasteiger partial charge in [0.05, 0.1) is 6.04 Å². The summed E-state index contributed by atoms with van der Waals surface area (Å²) in [5.74, 6) is 4.35. The van der Waals surface area contributed by atoms with E-state index >= 15 is 0 Å². The molecular formula is C3H9N3O. The lowest BCUT2D eigenvalue weighted by atomic mass is 10.4. The number of nitrogens with one attached hydrogen (secondary N) is 1. The molecule has 5 N–H and O–H groups in total. The van der Waals surface area contributed by atoms with Gasteiger partial charge in [0.25, 0.3) is 0 Å². The van der Waals surface area contributed by atoms with Crippen LogP contribution in [-0.4, -0.2) is 11.9 Å². The lowest BCUT2D eigenvalue weighted by Crippen LogP contribution is -2.41. The molecule has 0 aromatic heterocycles. The molecule has 42 valence electrons. The summed E-state index contributed by atoms with van der Waals surface area (Å²) in [4.78, 5) is 10.2. The monoisotopic (exact) mass is 103 g/mol. The molecule has 0 aromatic carbocycles. The van der Waals surface area contributed by atoms with Crippen LogP contribution in [0, 0.1) is 0 Å². The Hall–Kier alpha value is -0.610. The number of rotatable bonds is 1. The number of carbonyl (C=O) groups excluding carboxylic acids is 1. The van der Waals surface area contributed by atoms with Crippen molar-refractivity contribution in [2.24, 2.45) is 11.6 Å². The van der Waals surface area contributed by atoms with E-state index < -0.39 is 6.04 Å². The SMILES string of the molecule is C[C@@H](N)C(=O)NN. The van der Waals surface area contributed by atoms with Crippen molar-refractivity contribution < 1.29 is 4.79 Å². The van der Waals surface area contributed by atoms with Crippen LogP contribution in [0.2, 0.25) is 0 Å². The molecule has 0 spiro atoms. The van der Waals surface area contributed by atoms with Gasteiger partial charge >= 0.3 is 0 Å². The number of hydrazine groups is 1. The van der Waals surface area contributed by atoms with Gasteiger partial charge in [-0.3, -0.25) is 10.2 Å². The molecule has 0 bridgehead atoms. The van der Waals surface area contributed by atoms with Gasteiger partial charge in [0.15, 0.2) is 0 Å². The zero-order valence-corrected chi connectivity index (χ0v) is 4.14. The fourth-order valence-electron chi connectivity index (χ4n) is 0.131. The average Bonchev–Trinajstić information content (AvgIpc) is 1.65. The van der Waals surface area contributed by atoms with Crippen molar-refractivity contribution in [3.8, 4) is 0 Å². The lowest BCUT2D eigenvalue weighted by Gasteiger charge is -1.98. The molecular weight excluding hydrogens is 94.1 g/mol. The van der Waals surface area contributed by atoms with Crippen LogP contribution >= 0.6 is 0 Å². The molecule has 4 nitrogen and oxygen atoms in total. The quantitative estimate of drug-likeness (QED) is 0.211. The highest BCUT2D eigenvalue weighted by Gasteiger charge is 2.01. The number of hydrogen-bond acceptors (Lipinski definition) is 3. The summed E-state index contributed by atoms with van der Waals surface area (Å²) in [7, 11) is 0. The van der Waals surface area contributed by atoms with Gasteiger partial charge in [0.2, 0.25) is 5.91 Å².